The first-order valence-corrected chi connectivity index (χ1v) is 8.82. The van der Waals surface area contributed by atoms with Crippen LogP contribution in [-0.2, 0) is 24.1 Å². The minimum absolute atomic E-state index is 0.0661. The first-order chi connectivity index (χ1) is 11.7. The fraction of sp³-hybridized carbons (Fsp3) is 0.381. The van der Waals surface area contributed by atoms with E-state index in [2.05, 4.69) is 29.6 Å². The number of carbonyl (C=O) groups excluding carboxylic acids is 1. The average molecular weight is 323 g/mol. The Bertz CT molecular complexity index is 681. The van der Waals surface area contributed by atoms with E-state index in [1.807, 2.05) is 24.3 Å². The number of aryl methyl sites for hydroxylation is 2. The largest absolute Gasteiger partial charge is 0.481 e. The number of ether oxygens (including phenoxy) is 1. The maximum Gasteiger partial charge on any atom is 0.260 e. The highest BCUT2D eigenvalue weighted by Crippen LogP contribution is 2.25. The molecular formula is C21H25NO2. The van der Waals surface area contributed by atoms with Crippen molar-refractivity contribution >= 4 is 5.91 Å². The molecule has 0 saturated carbocycles. The van der Waals surface area contributed by atoms with Crippen LogP contribution in [0.15, 0.2) is 48.5 Å². The molecule has 2 aromatic carbocycles. The van der Waals surface area contributed by atoms with Crippen molar-refractivity contribution in [2.24, 2.45) is 0 Å². The van der Waals surface area contributed by atoms with Gasteiger partial charge in [-0.3, -0.25) is 4.79 Å². The second-order valence-electron chi connectivity index (χ2n) is 6.42. The Morgan fingerprint density at radius 2 is 1.83 bits per heavy atom. The quantitative estimate of drug-likeness (QED) is 0.880. The maximum atomic E-state index is 12.2. The molecule has 1 atom stereocenters. The molecule has 0 aliphatic heterocycles. The predicted molar refractivity (Wildman–Crippen MR) is 96.3 cm³/mol. The van der Waals surface area contributed by atoms with E-state index in [9.17, 15) is 4.79 Å². The third kappa shape index (κ3) is 4.38. The fourth-order valence-electron chi connectivity index (χ4n) is 3.16. The summed E-state index contributed by atoms with van der Waals surface area (Å²) in [6.45, 7) is 2.43. The van der Waals surface area contributed by atoms with Crippen LogP contribution in [-0.4, -0.2) is 18.6 Å². The predicted octanol–water partition coefficient (Wildman–Crippen LogP) is 3.69. The molecule has 3 heteroatoms. The molecular weight excluding hydrogens is 298 g/mol. The molecule has 0 saturated heterocycles. The smallest absolute Gasteiger partial charge is 0.260 e. The van der Waals surface area contributed by atoms with Crippen LogP contribution in [0.5, 0.6) is 5.75 Å². The van der Waals surface area contributed by atoms with Gasteiger partial charge in [-0.05, 0) is 67.9 Å². The zero-order valence-corrected chi connectivity index (χ0v) is 14.3. The van der Waals surface area contributed by atoms with E-state index >= 15 is 0 Å². The van der Waals surface area contributed by atoms with Crippen molar-refractivity contribution in [2.75, 3.05) is 6.54 Å². The summed E-state index contributed by atoms with van der Waals surface area (Å²) in [4.78, 5) is 12.2. The number of rotatable bonds is 6. The first kappa shape index (κ1) is 16.6. The number of fused-ring (bicyclic) bond motifs is 1. The van der Waals surface area contributed by atoms with Crippen LogP contribution in [0, 0.1) is 0 Å². The Morgan fingerprint density at radius 3 is 2.62 bits per heavy atom. The monoisotopic (exact) mass is 323 g/mol. The van der Waals surface area contributed by atoms with E-state index in [1.54, 1.807) is 6.92 Å². The van der Waals surface area contributed by atoms with Crippen molar-refractivity contribution in [3.8, 4) is 5.75 Å². The van der Waals surface area contributed by atoms with Gasteiger partial charge in [0, 0.05) is 6.54 Å². The molecule has 1 aliphatic rings. The minimum Gasteiger partial charge on any atom is -0.481 e. The van der Waals surface area contributed by atoms with Crippen molar-refractivity contribution in [1.29, 1.82) is 0 Å². The summed E-state index contributed by atoms with van der Waals surface area (Å²) >= 11 is 0. The standard InChI is InChI=1S/C21H25NO2/c1-16(21(23)22-14-13-17-7-3-2-4-8-17)24-20-12-11-18-9-5-6-10-19(18)15-20/h2-4,7-8,11-12,15-16H,5-6,9-10,13-14H2,1H3,(H,22,23). The van der Waals surface area contributed by atoms with Crippen LogP contribution in [0.3, 0.4) is 0 Å². The van der Waals surface area contributed by atoms with Crippen molar-refractivity contribution in [3.63, 3.8) is 0 Å². The molecule has 2 aromatic rings. The van der Waals surface area contributed by atoms with Gasteiger partial charge < -0.3 is 10.1 Å². The molecule has 3 rings (SSSR count). The van der Waals surface area contributed by atoms with Crippen LogP contribution < -0.4 is 10.1 Å². The number of hydrogen-bond donors (Lipinski definition) is 1. The normalized spacial score (nSPS) is 14.5. The lowest BCUT2D eigenvalue weighted by Gasteiger charge is -2.19. The molecule has 24 heavy (non-hydrogen) atoms. The molecule has 0 aromatic heterocycles. The average Bonchev–Trinajstić information content (AvgIpc) is 2.62. The van der Waals surface area contributed by atoms with E-state index in [4.69, 9.17) is 4.74 Å². The maximum absolute atomic E-state index is 12.2. The van der Waals surface area contributed by atoms with E-state index in [0.29, 0.717) is 6.54 Å². The molecule has 1 amide bonds. The number of carbonyl (C=O) groups is 1. The summed E-state index contributed by atoms with van der Waals surface area (Å²) in [6.07, 6.45) is 5.13. The Balaban J connectivity index is 1.49. The van der Waals surface area contributed by atoms with Gasteiger partial charge in [0.2, 0.25) is 0 Å². The van der Waals surface area contributed by atoms with Gasteiger partial charge in [0.15, 0.2) is 6.10 Å². The van der Waals surface area contributed by atoms with Crippen LogP contribution in [0.4, 0.5) is 0 Å². The molecule has 1 N–H and O–H groups in total. The summed E-state index contributed by atoms with van der Waals surface area (Å²) in [7, 11) is 0. The SMILES string of the molecule is CC(Oc1ccc2c(c1)CCCC2)C(=O)NCCc1ccccc1. The second-order valence-corrected chi connectivity index (χ2v) is 6.42. The number of hydrogen-bond acceptors (Lipinski definition) is 2. The van der Waals surface area contributed by atoms with Crippen molar-refractivity contribution in [1.82, 2.24) is 5.32 Å². The fourth-order valence-corrected chi connectivity index (χ4v) is 3.16. The Hall–Kier alpha value is -2.29. The van der Waals surface area contributed by atoms with Gasteiger partial charge in [-0.2, -0.15) is 0 Å². The zero-order valence-electron chi connectivity index (χ0n) is 14.3. The summed E-state index contributed by atoms with van der Waals surface area (Å²) in [6, 6.07) is 16.4. The Morgan fingerprint density at radius 1 is 1.08 bits per heavy atom. The number of amides is 1. The van der Waals surface area contributed by atoms with E-state index in [0.717, 1.165) is 25.0 Å². The van der Waals surface area contributed by atoms with Gasteiger partial charge in [0.05, 0.1) is 0 Å². The Labute approximate surface area is 144 Å². The minimum atomic E-state index is -0.484. The van der Waals surface area contributed by atoms with Gasteiger partial charge in [-0.1, -0.05) is 36.4 Å². The molecule has 1 aliphatic carbocycles. The molecule has 0 radical (unpaired) electrons. The van der Waals surface area contributed by atoms with Crippen molar-refractivity contribution in [3.05, 3.63) is 65.2 Å². The van der Waals surface area contributed by atoms with Gasteiger partial charge in [0.25, 0.3) is 5.91 Å². The van der Waals surface area contributed by atoms with Crippen molar-refractivity contribution in [2.45, 2.75) is 45.1 Å². The van der Waals surface area contributed by atoms with Gasteiger partial charge >= 0.3 is 0 Å². The van der Waals surface area contributed by atoms with Gasteiger partial charge in [-0.15, -0.1) is 0 Å². The van der Waals surface area contributed by atoms with E-state index in [-0.39, 0.29) is 5.91 Å². The lowest BCUT2D eigenvalue weighted by atomic mass is 9.92. The van der Waals surface area contributed by atoms with Crippen LogP contribution >= 0.6 is 0 Å². The molecule has 0 spiro atoms. The zero-order chi connectivity index (χ0) is 16.8. The Kier molecular flexibility index (Phi) is 5.52. The summed E-state index contributed by atoms with van der Waals surface area (Å²) in [5.74, 6) is 0.727. The highest BCUT2D eigenvalue weighted by Gasteiger charge is 2.16. The lowest BCUT2D eigenvalue weighted by molar-refractivity contribution is -0.127. The molecule has 0 heterocycles. The highest BCUT2D eigenvalue weighted by molar-refractivity contribution is 5.80. The number of nitrogens with one attached hydrogen (secondary N) is 1. The third-order valence-corrected chi connectivity index (χ3v) is 4.56. The van der Waals surface area contributed by atoms with E-state index < -0.39 is 6.10 Å². The highest BCUT2D eigenvalue weighted by atomic mass is 16.5. The van der Waals surface area contributed by atoms with Crippen LogP contribution in [0.25, 0.3) is 0 Å². The molecule has 0 fully saturated rings. The van der Waals surface area contributed by atoms with Crippen LogP contribution in [0.2, 0.25) is 0 Å². The van der Waals surface area contributed by atoms with Gasteiger partial charge in [-0.25, -0.2) is 0 Å². The molecule has 126 valence electrons. The first-order valence-electron chi connectivity index (χ1n) is 8.82. The lowest BCUT2D eigenvalue weighted by Crippen LogP contribution is -2.37. The van der Waals surface area contributed by atoms with Crippen LogP contribution in [0.1, 0.15) is 36.5 Å². The molecule has 0 bridgehead atoms. The summed E-state index contributed by atoms with van der Waals surface area (Å²) < 4.78 is 5.83. The van der Waals surface area contributed by atoms with E-state index in [1.165, 1.54) is 29.5 Å². The molecule has 3 nitrogen and oxygen atoms in total. The number of benzene rings is 2. The summed E-state index contributed by atoms with van der Waals surface area (Å²) in [5, 5.41) is 2.95. The van der Waals surface area contributed by atoms with Crippen molar-refractivity contribution < 1.29 is 9.53 Å². The topological polar surface area (TPSA) is 38.3 Å². The third-order valence-electron chi connectivity index (χ3n) is 4.56. The second kappa shape index (κ2) is 8.00. The van der Waals surface area contributed by atoms with Gasteiger partial charge in [0.1, 0.15) is 5.75 Å². The summed E-state index contributed by atoms with van der Waals surface area (Å²) in [5.41, 5.74) is 4.02. The molecule has 1 unspecified atom stereocenters.